The van der Waals surface area contributed by atoms with Gasteiger partial charge < -0.3 is 19.7 Å². The predicted molar refractivity (Wildman–Crippen MR) is 121 cm³/mol. The molecular weight excluding hydrogens is 364 g/mol. The second kappa shape index (κ2) is 12.3. The lowest BCUT2D eigenvalue weighted by atomic mass is 10.0. The molecule has 1 saturated heterocycles. The van der Waals surface area contributed by atoms with Crippen molar-refractivity contribution in [3.05, 3.63) is 37.1 Å². The molecular formula is C23H36N4O2. The number of rotatable bonds is 10. The minimum absolute atomic E-state index is 0.400. The third-order valence-electron chi connectivity index (χ3n) is 4.96. The summed E-state index contributed by atoms with van der Waals surface area (Å²) in [4.78, 5) is 11.2. The Bertz CT molecular complexity index is 679. The number of piperidine rings is 1. The van der Waals surface area contributed by atoms with E-state index in [1.54, 1.807) is 13.3 Å². The van der Waals surface area contributed by atoms with Gasteiger partial charge in [-0.05, 0) is 62.4 Å². The average Bonchev–Trinajstić information content (AvgIpc) is 3.61. The topological polar surface area (TPSA) is 59.0 Å². The lowest BCUT2D eigenvalue weighted by Crippen LogP contribution is -2.44. The van der Waals surface area contributed by atoms with Gasteiger partial charge in [-0.3, -0.25) is 4.99 Å². The van der Waals surface area contributed by atoms with Gasteiger partial charge in [0.15, 0.2) is 5.75 Å². The third-order valence-corrected chi connectivity index (χ3v) is 4.96. The SMILES string of the molecule is C=CN=CC(=C)CN(c1ccc(OC)c(OCC2CC2)n1)C1CCNCC1.CC. The Morgan fingerprint density at radius 1 is 1.28 bits per heavy atom. The van der Waals surface area contributed by atoms with Crippen molar-refractivity contribution in [2.75, 3.05) is 38.3 Å². The molecule has 2 aliphatic rings. The maximum absolute atomic E-state index is 5.96. The van der Waals surface area contributed by atoms with Gasteiger partial charge in [0.25, 0.3) is 5.88 Å². The zero-order chi connectivity index (χ0) is 21.1. The molecule has 6 heteroatoms. The average molecular weight is 401 g/mol. The Balaban J connectivity index is 0.00000145. The number of anilines is 1. The van der Waals surface area contributed by atoms with Crippen LogP contribution >= 0.6 is 0 Å². The molecule has 1 aromatic heterocycles. The van der Waals surface area contributed by atoms with Crippen LogP contribution in [-0.2, 0) is 0 Å². The molecule has 29 heavy (non-hydrogen) atoms. The van der Waals surface area contributed by atoms with E-state index in [0.29, 0.717) is 36.7 Å². The van der Waals surface area contributed by atoms with Crippen LogP contribution in [0.4, 0.5) is 5.82 Å². The highest BCUT2D eigenvalue weighted by Crippen LogP contribution is 2.33. The molecule has 0 unspecified atom stereocenters. The van der Waals surface area contributed by atoms with Crippen molar-refractivity contribution in [3.8, 4) is 11.6 Å². The number of aromatic nitrogens is 1. The van der Waals surface area contributed by atoms with Crippen molar-refractivity contribution in [1.29, 1.82) is 0 Å². The summed E-state index contributed by atoms with van der Waals surface area (Å²) in [5.74, 6) is 2.81. The normalized spacial score (nSPS) is 16.7. The summed E-state index contributed by atoms with van der Waals surface area (Å²) >= 11 is 0. The summed E-state index contributed by atoms with van der Waals surface area (Å²) < 4.78 is 11.4. The summed E-state index contributed by atoms with van der Waals surface area (Å²) in [6, 6.07) is 4.35. The number of aliphatic imine (C=N–C) groups is 1. The molecule has 0 amide bonds. The molecule has 1 saturated carbocycles. The van der Waals surface area contributed by atoms with Crippen LogP contribution in [0.1, 0.15) is 39.5 Å². The monoisotopic (exact) mass is 400 g/mol. The van der Waals surface area contributed by atoms with Crippen molar-refractivity contribution >= 4 is 12.0 Å². The largest absolute Gasteiger partial charge is 0.491 e. The highest BCUT2D eigenvalue weighted by molar-refractivity contribution is 5.79. The van der Waals surface area contributed by atoms with Crippen molar-refractivity contribution in [2.45, 2.75) is 45.6 Å². The van der Waals surface area contributed by atoms with Crippen LogP contribution in [-0.4, -0.2) is 50.6 Å². The molecule has 0 atom stereocenters. The van der Waals surface area contributed by atoms with Crippen molar-refractivity contribution < 1.29 is 9.47 Å². The number of nitrogens with one attached hydrogen (secondary N) is 1. The number of ether oxygens (including phenoxy) is 2. The highest BCUT2D eigenvalue weighted by atomic mass is 16.5. The number of methoxy groups -OCH3 is 1. The fourth-order valence-corrected chi connectivity index (χ4v) is 3.25. The molecule has 1 aliphatic carbocycles. The summed E-state index contributed by atoms with van der Waals surface area (Å²) in [5, 5.41) is 3.42. The highest BCUT2D eigenvalue weighted by Gasteiger charge is 2.25. The molecule has 3 rings (SSSR count). The number of nitrogens with zero attached hydrogens (tertiary/aromatic N) is 3. The van der Waals surface area contributed by atoms with Crippen LogP contribution in [0, 0.1) is 5.92 Å². The van der Waals surface area contributed by atoms with Crippen molar-refractivity contribution in [3.63, 3.8) is 0 Å². The standard InChI is InChI=1S/C21H30N4O2.C2H6/c1-4-22-13-16(2)14-25(18-9-11-23-12-10-18)20-8-7-19(26-3)21(24-20)27-15-17-5-6-17;1-2/h4,7-8,13,17-18,23H,1-2,5-6,9-12,14-15H2,3H3;1-2H3. The van der Waals surface area contributed by atoms with Gasteiger partial charge in [0.05, 0.1) is 13.7 Å². The van der Waals surface area contributed by atoms with Gasteiger partial charge in [-0.15, -0.1) is 0 Å². The molecule has 0 aromatic carbocycles. The second-order valence-corrected chi connectivity index (χ2v) is 7.16. The van der Waals surface area contributed by atoms with Gasteiger partial charge >= 0.3 is 0 Å². The van der Waals surface area contributed by atoms with E-state index in [2.05, 4.69) is 28.4 Å². The number of hydrogen-bond donors (Lipinski definition) is 1. The van der Waals surface area contributed by atoms with E-state index in [0.717, 1.165) is 37.3 Å². The van der Waals surface area contributed by atoms with E-state index in [4.69, 9.17) is 14.5 Å². The van der Waals surface area contributed by atoms with Gasteiger partial charge in [0.2, 0.25) is 0 Å². The smallest absolute Gasteiger partial charge is 0.258 e. The zero-order valence-electron chi connectivity index (χ0n) is 18.2. The minimum atomic E-state index is 0.400. The molecule has 0 spiro atoms. The Hall–Kier alpha value is -2.34. The van der Waals surface area contributed by atoms with Crippen LogP contribution in [0.3, 0.4) is 0 Å². The van der Waals surface area contributed by atoms with Gasteiger partial charge in [-0.1, -0.05) is 27.0 Å². The summed E-state index contributed by atoms with van der Waals surface area (Å²) in [7, 11) is 1.65. The second-order valence-electron chi connectivity index (χ2n) is 7.16. The molecule has 2 heterocycles. The maximum Gasteiger partial charge on any atom is 0.258 e. The quantitative estimate of drug-likeness (QED) is 0.596. The van der Waals surface area contributed by atoms with E-state index >= 15 is 0 Å². The summed E-state index contributed by atoms with van der Waals surface area (Å²) in [6.07, 6.45) is 7.90. The van der Waals surface area contributed by atoms with E-state index in [1.165, 1.54) is 19.0 Å². The summed E-state index contributed by atoms with van der Waals surface area (Å²) in [5.41, 5.74) is 0.923. The molecule has 1 aromatic rings. The van der Waals surface area contributed by atoms with Crippen LogP contribution in [0.15, 0.2) is 42.1 Å². The Labute approximate surface area is 175 Å². The Kier molecular flexibility index (Phi) is 9.71. The lowest BCUT2D eigenvalue weighted by molar-refractivity contribution is 0.269. The van der Waals surface area contributed by atoms with Crippen molar-refractivity contribution in [2.24, 2.45) is 10.9 Å². The molecule has 1 N–H and O–H groups in total. The van der Waals surface area contributed by atoms with Crippen LogP contribution in [0.25, 0.3) is 0 Å². The van der Waals surface area contributed by atoms with Crippen LogP contribution < -0.4 is 19.7 Å². The molecule has 2 fully saturated rings. The minimum Gasteiger partial charge on any atom is -0.491 e. The zero-order valence-corrected chi connectivity index (χ0v) is 18.2. The first-order valence-corrected chi connectivity index (χ1v) is 10.7. The van der Waals surface area contributed by atoms with E-state index in [1.807, 2.05) is 26.0 Å². The number of pyridine rings is 1. The third kappa shape index (κ3) is 7.20. The Morgan fingerprint density at radius 2 is 2.00 bits per heavy atom. The Morgan fingerprint density at radius 3 is 2.62 bits per heavy atom. The van der Waals surface area contributed by atoms with Gasteiger partial charge in [-0.25, -0.2) is 0 Å². The molecule has 1 aliphatic heterocycles. The first-order valence-electron chi connectivity index (χ1n) is 10.7. The first kappa shape index (κ1) is 22.9. The van der Waals surface area contributed by atoms with Crippen molar-refractivity contribution in [1.82, 2.24) is 10.3 Å². The van der Waals surface area contributed by atoms with Gasteiger partial charge in [-0.2, -0.15) is 4.98 Å². The van der Waals surface area contributed by atoms with E-state index < -0.39 is 0 Å². The van der Waals surface area contributed by atoms with E-state index in [-0.39, 0.29) is 0 Å². The van der Waals surface area contributed by atoms with Gasteiger partial charge in [0, 0.05) is 25.0 Å². The first-order chi connectivity index (χ1) is 14.2. The molecule has 0 bridgehead atoms. The predicted octanol–water partition coefficient (Wildman–Crippen LogP) is 4.23. The van der Waals surface area contributed by atoms with Crippen LogP contribution in [0.2, 0.25) is 0 Å². The van der Waals surface area contributed by atoms with Gasteiger partial charge in [0.1, 0.15) is 5.82 Å². The molecule has 0 radical (unpaired) electrons. The number of hydrogen-bond acceptors (Lipinski definition) is 6. The summed E-state index contributed by atoms with van der Waals surface area (Å²) in [6.45, 7) is 15.2. The van der Waals surface area contributed by atoms with E-state index in [9.17, 15) is 0 Å². The van der Waals surface area contributed by atoms with Crippen LogP contribution in [0.5, 0.6) is 11.6 Å². The fourth-order valence-electron chi connectivity index (χ4n) is 3.25. The lowest BCUT2D eigenvalue weighted by Gasteiger charge is -2.36. The molecule has 6 nitrogen and oxygen atoms in total. The molecule has 160 valence electrons. The fraction of sp³-hybridized carbons (Fsp3) is 0.565. The maximum atomic E-state index is 5.96.